The Morgan fingerprint density at radius 3 is 1.96 bits per heavy atom. The van der Waals surface area contributed by atoms with Crippen LogP contribution >= 0.6 is 92.8 Å². The summed E-state index contributed by atoms with van der Waals surface area (Å²) in [5.74, 6) is 0. The summed E-state index contributed by atoms with van der Waals surface area (Å²) in [5, 5.41) is 11.1. The molecule has 0 amide bonds. The van der Waals surface area contributed by atoms with Crippen LogP contribution in [0.4, 0.5) is 5.69 Å². The molecule has 1 N–H and O–H groups in total. The SMILES string of the molecule is O=[N+]([O-])c1c(Cl)cccc1-c1c(C(Cl)(Cl)Cl)[nH]c(C(Cl)(Cl)Cl)c1Cl. The van der Waals surface area contributed by atoms with Crippen LogP contribution in [0.2, 0.25) is 10.0 Å². The Hall–Kier alpha value is 0.220. The Labute approximate surface area is 176 Å². The number of aromatic nitrogens is 1. The highest BCUT2D eigenvalue weighted by molar-refractivity contribution is 6.68. The molecule has 4 nitrogen and oxygen atoms in total. The van der Waals surface area contributed by atoms with Crippen LogP contribution < -0.4 is 0 Å². The van der Waals surface area contributed by atoms with Crippen LogP contribution in [0, 0.1) is 10.1 Å². The lowest BCUT2D eigenvalue weighted by atomic mass is 10.0. The van der Waals surface area contributed by atoms with Gasteiger partial charge in [-0.05, 0) is 12.1 Å². The average molecular weight is 492 g/mol. The number of nitrogens with zero attached hydrogens (tertiary/aromatic N) is 1. The average Bonchev–Trinajstić information content (AvgIpc) is 2.75. The molecule has 2 aromatic rings. The third-order valence-corrected chi connectivity index (χ3v) is 4.76. The second-order valence-corrected chi connectivity index (χ2v) is 9.80. The maximum atomic E-state index is 11.4. The zero-order valence-corrected chi connectivity index (χ0v) is 17.1. The number of nitro benzene ring substituents is 1. The number of rotatable bonds is 2. The molecule has 0 bridgehead atoms. The number of benzene rings is 1. The molecule has 0 aliphatic carbocycles. The van der Waals surface area contributed by atoms with Gasteiger partial charge in [-0.1, -0.05) is 98.9 Å². The highest BCUT2D eigenvalue weighted by Crippen LogP contribution is 2.53. The molecule has 24 heavy (non-hydrogen) atoms. The monoisotopic (exact) mass is 488 g/mol. The minimum Gasteiger partial charge on any atom is -0.353 e. The minimum atomic E-state index is -2.02. The Balaban J connectivity index is 2.93. The van der Waals surface area contributed by atoms with Gasteiger partial charge >= 0.3 is 0 Å². The summed E-state index contributed by atoms with van der Waals surface area (Å²) in [6.45, 7) is 0. The van der Waals surface area contributed by atoms with Gasteiger partial charge in [0.25, 0.3) is 5.69 Å². The van der Waals surface area contributed by atoms with E-state index < -0.39 is 18.2 Å². The van der Waals surface area contributed by atoms with E-state index in [1.807, 2.05) is 0 Å². The van der Waals surface area contributed by atoms with E-state index in [0.29, 0.717) is 0 Å². The summed E-state index contributed by atoms with van der Waals surface area (Å²) < 4.78 is -4.00. The number of nitro groups is 1. The number of hydrogen-bond acceptors (Lipinski definition) is 2. The predicted octanol–water partition coefficient (Wildman–Crippen LogP) is 7.55. The fourth-order valence-corrected chi connectivity index (χ4v) is 3.66. The molecule has 0 aliphatic heterocycles. The minimum absolute atomic E-state index is 0.00666. The molecule has 1 aromatic heterocycles. The van der Waals surface area contributed by atoms with Gasteiger partial charge in [0.05, 0.1) is 26.9 Å². The quantitative estimate of drug-likeness (QED) is 0.268. The van der Waals surface area contributed by atoms with Gasteiger partial charge in [0.15, 0.2) is 0 Å². The van der Waals surface area contributed by atoms with Crippen molar-refractivity contribution >= 4 is 98.5 Å². The van der Waals surface area contributed by atoms with E-state index in [-0.39, 0.29) is 32.6 Å². The van der Waals surface area contributed by atoms with Gasteiger partial charge in [-0.25, -0.2) is 0 Å². The molecule has 0 fully saturated rings. The molecule has 0 radical (unpaired) electrons. The smallest absolute Gasteiger partial charge is 0.295 e. The summed E-state index contributed by atoms with van der Waals surface area (Å²) >= 11 is 47.5. The molecular weight excluding hydrogens is 488 g/mol. The maximum absolute atomic E-state index is 11.4. The lowest BCUT2D eigenvalue weighted by Gasteiger charge is -2.13. The number of nitrogens with one attached hydrogen (secondary N) is 1. The van der Waals surface area contributed by atoms with Gasteiger partial charge in [0, 0.05) is 5.56 Å². The molecule has 0 saturated heterocycles. The second-order valence-electron chi connectivity index (χ2n) is 4.45. The summed E-state index contributed by atoms with van der Waals surface area (Å²) in [6.07, 6.45) is 0. The lowest BCUT2D eigenvalue weighted by Crippen LogP contribution is -2.06. The second kappa shape index (κ2) is 7.09. The molecule has 0 atom stereocenters. The standard InChI is InChI=1S/C12H4Cl8N2O2/c13-5-3-1-2-4(8(5)22(23)24)6-7(14)10(12(18,19)20)21-9(6)11(15,16)17/h1-3,21H. The summed E-state index contributed by atoms with van der Waals surface area (Å²) in [6, 6.07) is 4.21. The number of halogens is 8. The first-order chi connectivity index (χ1) is 10.9. The van der Waals surface area contributed by atoms with Crippen molar-refractivity contribution in [3.05, 3.63) is 49.7 Å². The third-order valence-electron chi connectivity index (χ3n) is 2.94. The van der Waals surface area contributed by atoms with Crippen molar-refractivity contribution in [1.29, 1.82) is 0 Å². The Kier molecular flexibility index (Phi) is 6.06. The topological polar surface area (TPSA) is 58.9 Å². The highest BCUT2D eigenvalue weighted by atomic mass is 35.6. The van der Waals surface area contributed by atoms with Crippen LogP contribution in [0.15, 0.2) is 18.2 Å². The summed E-state index contributed by atoms with van der Waals surface area (Å²) in [5.41, 5.74) is -0.599. The zero-order valence-electron chi connectivity index (χ0n) is 11.0. The van der Waals surface area contributed by atoms with E-state index in [1.165, 1.54) is 18.2 Å². The van der Waals surface area contributed by atoms with Crippen LogP contribution in [0.25, 0.3) is 11.1 Å². The molecule has 0 aliphatic rings. The van der Waals surface area contributed by atoms with Crippen LogP contribution in [0.3, 0.4) is 0 Å². The summed E-state index contributed by atoms with van der Waals surface area (Å²) in [7, 11) is 0. The highest BCUT2D eigenvalue weighted by Gasteiger charge is 2.39. The van der Waals surface area contributed by atoms with Crippen LogP contribution in [-0.4, -0.2) is 9.91 Å². The van der Waals surface area contributed by atoms with Crippen molar-refractivity contribution in [3.63, 3.8) is 0 Å². The van der Waals surface area contributed by atoms with E-state index in [1.54, 1.807) is 0 Å². The predicted molar refractivity (Wildman–Crippen MR) is 101 cm³/mol. The van der Waals surface area contributed by atoms with Crippen molar-refractivity contribution < 1.29 is 4.92 Å². The van der Waals surface area contributed by atoms with Crippen molar-refractivity contribution in [2.75, 3.05) is 0 Å². The van der Waals surface area contributed by atoms with Gasteiger partial charge in [-0.2, -0.15) is 0 Å². The van der Waals surface area contributed by atoms with Crippen molar-refractivity contribution in [2.45, 2.75) is 7.59 Å². The Morgan fingerprint density at radius 2 is 1.50 bits per heavy atom. The molecule has 12 heteroatoms. The van der Waals surface area contributed by atoms with E-state index in [4.69, 9.17) is 92.8 Å². The normalized spacial score (nSPS) is 12.5. The molecule has 1 aromatic carbocycles. The number of hydrogen-bond donors (Lipinski definition) is 1. The van der Waals surface area contributed by atoms with Crippen LogP contribution in [0.1, 0.15) is 11.4 Å². The van der Waals surface area contributed by atoms with E-state index in [0.717, 1.165) is 0 Å². The molecular formula is C12H4Cl8N2O2. The van der Waals surface area contributed by atoms with Crippen molar-refractivity contribution in [2.24, 2.45) is 0 Å². The number of aromatic amines is 1. The molecule has 2 rings (SSSR count). The van der Waals surface area contributed by atoms with Gasteiger partial charge in [-0.15, -0.1) is 0 Å². The maximum Gasteiger partial charge on any atom is 0.295 e. The van der Waals surface area contributed by atoms with Crippen molar-refractivity contribution in [3.8, 4) is 11.1 Å². The van der Waals surface area contributed by atoms with E-state index >= 15 is 0 Å². The Bertz CT molecular complexity index is 807. The van der Waals surface area contributed by atoms with Gasteiger partial charge in [-0.3, -0.25) is 10.1 Å². The molecule has 1 heterocycles. The largest absolute Gasteiger partial charge is 0.353 e. The molecule has 130 valence electrons. The third kappa shape index (κ3) is 3.97. The number of H-pyrrole nitrogens is 1. The van der Waals surface area contributed by atoms with E-state index in [2.05, 4.69) is 4.98 Å². The summed E-state index contributed by atoms with van der Waals surface area (Å²) in [4.78, 5) is 13.3. The first-order valence-corrected chi connectivity index (χ1v) is 8.87. The number of alkyl halides is 6. The van der Waals surface area contributed by atoms with Crippen LogP contribution in [-0.2, 0) is 7.59 Å². The van der Waals surface area contributed by atoms with Gasteiger partial charge in [0.2, 0.25) is 7.59 Å². The van der Waals surface area contributed by atoms with E-state index in [9.17, 15) is 10.1 Å². The van der Waals surface area contributed by atoms with Gasteiger partial charge in [0.1, 0.15) is 5.02 Å². The fourth-order valence-electron chi connectivity index (χ4n) is 2.04. The van der Waals surface area contributed by atoms with Crippen LogP contribution in [0.5, 0.6) is 0 Å². The lowest BCUT2D eigenvalue weighted by molar-refractivity contribution is -0.384. The number of para-hydroxylation sites is 1. The first kappa shape index (κ1) is 20.5. The molecule has 0 unspecified atom stereocenters. The molecule has 0 spiro atoms. The Morgan fingerprint density at radius 1 is 0.958 bits per heavy atom. The zero-order chi connectivity index (χ0) is 18.4. The van der Waals surface area contributed by atoms with Gasteiger partial charge < -0.3 is 4.98 Å². The molecule has 0 saturated carbocycles. The van der Waals surface area contributed by atoms with Crippen molar-refractivity contribution in [1.82, 2.24) is 4.98 Å². The fraction of sp³-hybridized carbons (Fsp3) is 0.167. The first-order valence-electron chi connectivity index (χ1n) is 5.84.